The summed E-state index contributed by atoms with van der Waals surface area (Å²) in [5.74, 6) is -1.17. The van der Waals surface area contributed by atoms with Gasteiger partial charge in [-0.3, -0.25) is 9.59 Å². The Labute approximate surface area is 144 Å². The van der Waals surface area contributed by atoms with Gasteiger partial charge in [0.25, 0.3) is 0 Å². The molecule has 0 atom stereocenters. The number of hydrogen-bond acceptors (Lipinski definition) is 2. The summed E-state index contributed by atoms with van der Waals surface area (Å²) in [6.07, 6.45) is 0.929. The Morgan fingerprint density at radius 1 is 1.04 bits per heavy atom. The molecule has 3 rings (SSSR count). The van der Waals surface area contributed by atoms with Crippen LogP contribution in [0.2, 0.25) is 5.02 Å². The maximum atomic E-state index is 13.6. The number of nitrogens with one attached hydrogen (secondary N) is 2. The van der Waals surface area contributed by atoms with Gasteiger partial charge in [-0.2, -0.15) is 0 Å². The SMILES string of the molecule is O=C(NCc1ccccc1F)C1(C(=O)Nc2ccccc2Cl)CC1. The molecule has 1 aliphatic carbocycles. The lowest BCUT2D eigenvalue weighted by molar-refractivity contribution is -0.134. The van der Waals surface area contributed by atoms with Crippen LogP contribution in [0.15, 0.2) is 48.5 Å². The summed E-state index contributed by atoms with van der Waals surface area (Å²) in [6, 6.07) is 13.0. The third-order valence-electron chi connectivity index (χ3n) is 4.14. The highest BCUT2D eigenvalue weighted by Gasteiger charge is 2.56. The van der Waals surface area contributed by atoms with Gasteiger partial charge < -0.3 is 10.6 Å². The molecule has 0 bridgehead atoms. The van der Waals surface area contributed by atoms with Crippen molar-refractivity contribution in [2.75, 3.05) is 5.32 Å². The third-order valence-corrected chi connectivity index (χ3v) is 4.47. The van der Waals surface area contributed by atoms with Crippen molar-refractivity contribution in [3.63, 3.8) is 0 Å². The van der Waals surface area contributed by atoms with Gasteiger partial charge in [0.2, 0.25) is 11.8 Å². The molecule has 2 N–H and O–H groups in total. The molecule has 0 aliphatic heterocycles. The molecule has 1 aliphatic rings. The monoisotopic (exact) mass is 346 g/mol. The van der Waals surface area contributed by atoms with Gasteiger partial charge in [-0.05, 0) is 31.0 Å². The van der Waals surface area contributed by atoms with Crippen LogP contribution < -0.4 is 10.6 Å². The Kier molecular flexibility index (Phi) is 4.53. The maximum absolute atomic E-state index is 13.6. The number of amides is 2. The van der Waals surface area contributed by atoms with Crippen LogP contribution in [0.4, 0.5) is 10.1 Å². The van der Waals surface area contributed by atoms with E-state index in [9.17, 15) is 14.0 Å². The van der Waals surface area contributed by atoms with Crippen LogP contribution in [0.3, 0.4) is 0 Å². The van der Waals surface area contributed by atoms with E-state index in [1.807, 2.05) is 0 Å². The van der Waals surface area contributed by atoms with Gasteiger partial charge in [-0.1, -0.05) is 41.9 Å². The van der Waals surface area contributed by atoms with Crippen molar-refractivity contribution in [2.24, 2.45) is 5.41 Å². The first-order chi connectivity index (χ1) is 11.5. The van der Waals surface area contributed by atoms with E-state index >= 15 is 0 Å². The first-order valence-electron chi connectivity index (χ1n) is 7.61. The molecular formula is C18H16ClFN2O2. The Morgan fingerprint density at radius 3 is 2.38 bits per heavy atom. The molecule has 0 saturated heterocycles. The fourth-order valence-corrected chi connectivity index (χ4v) is 2.66. The van der Waals surface area contributed by atoms with Crippen LogP contribution in [0.5, 0.6) is 0 Å². The van der Waals surface area contributed by atoms with Crippen LogP contribution in [-0.2, 0) is 16.1 Å². The average Bonchev–Trinajstić information content (AvgIpc) is 3.38. The van der Waals surface area contributed by atoms with E-state index in [0.29, 0.717) is 29.1 Å². The normalized spacial score (nSPS) is 14.8. The predicted molar refractivity (Wildman–Crippen MR) is 90.0 cm³/mol. The zero-order valence-electron chi connectivity index (χ0n) is 12.8. The van der Waals surface area contributed by atoms with Crippen molar-refractivity contribution in [1.82, 2.24) is 5.32 Å². The molecule has 0 heterocycles. The second-order valence-electron chi connectivity index (χ2n) is 5.79. The minimum atomic E-state index is -1.09. The number of carbonyl (C=O) groups excluding carboxylic acids is 2. The molecule has 0 aromatic heterocycles. The number of hydrogen-bond donors (Lipinski definition) is 2. The molecule has 0 spiro atoms. The van der Waals surface area contributed by atoms with Gasteiger partial charge in [0.05, 0.1) is 10.7 Å². The lowest BCUT2D eigenvalue weighted by Crippen LogP contribution is -2.39. The number of halogens is 2. The summed E-state index contributed by atoms with van der Waals surface area (Å²) >= 11 is 6.02. The van der Waals surface area contributed by atoms with Gasteiger partial charge in [0.15, 0.2) is 0 Å². The minimum Gasteiger partial charge on any atom is -0.351 e. The predicted octanol–water partition coefficient (Wildman–Crippen LogP) is 3.51. The third kappa shape index (κ3) is 3.26. The molecule has 1 fully saturated rings. The van der Waals surface area contributed by atoms with Gasteiger partial charge >= 0.3 is 0 Å². The molecule has 0 radical (unpaired) electrons. The van der Waals surface area contributed by atoms with Crippen LogP contribution in [-0.4, -0.2) is 11.8 Å². The van der Waals surface area contributed by atoms with Crippen LogP contribution in [0, 0.1) is 11.2 Å². The van der Waals surface area contributed by atoms with Crippen molar-refractivity contribution in [2.45, 2.75) is 19.4 Å². The van der Waals surface area contributed by atoms with Crippen LogP contribution in [0.25, 0.3) is 0 Å². The average molecular weight is 347 g/mol. The maximum Gasteiger partial charge on any atom is 0.240 e. The number of benzene rings is 2. The fraction of sp³-hybridized carbons (Fsp3) is 0.222. The molecule has 124 valence electrons. The molecule has 0 unspecified atom stereocenters. The van der Waals surface area contributed by atoms with E-state index in [0.717, 1.165) is 0 Å². The smallest absolute Gasteiger partial charge is 0.240 e. The lowest BCUT2D eigenvalue weighted by Gasteiger charge is -2.16. The second-order valence-corrected chi connectivity index (χ2v) is 6.20. The number of carbonyl (C=O) groups is 2. The van der Waals surface area contributed by atoms with Crippen molar-refractivity contribution in [3.8, 4) is 0 Å². The Balaban J connectivity index is 1.65. The standard InChI is InChI=1S/C18H16ClFN2O2/c19-13-6-2-4-8-15(13)22-17(24)18(9-10-18)16(23)21-11-12-5-1-3-7-14(12)20/h1-8H,9-11H2,(H,21,23)(H,22,24). The number of rotatable bonds is 5. The highest BCUT2D eigenvalue weighted by atomic mass is 35.5. The Hall–Kier alpha value is -2.40. The molecule has 2 aromatic rings. The van der Waals surface area contributed by atoms with Crippen molar-refractivity contribution >= 4 is 29.1 Å². The molecule has 2 aromatic carbocycles. The molecule has 4 nitrogen and oxygen atoms in total. The quantitative estimate of drug-likeness (QED) is 0.814. The molecule has 2 amide bonds. The molecule has 24 heavy (non-hydrogen) atoms. The van der Waals surface area contributed by atoms with Crippen molar-refractivity contribution < 1.29 is 14.0 Å². The minimum absolute atomic E-state index is 0.0482. The van der Waals surface area contributed by atoms with E-state index in [1.165, 1.54) is 6.07 Å². The van der Waals surface area contributed by atoms with E-state index in [1.54, 1.807) is 42.5 Å². The summed E-state index contributed by atoms with van der Waals surface area (Å²) in [6.45, 7) is 0.0482. The van der Waals surface area contributed by atoms with E-state index in [2.05, 4.69) is 10.6 Å². The Morgan fingerprint density at radius 2 is 1.71 bits per heavy atom. The van der Waals surface area contributed by atoms with Gasteiger partial charge in [-0.15, -0.1) is 0 Å². The first-order valence-corrected chi connectivity index (χ1v) is 7.98. The molecule has 6 heteroatoms. The van der Waals surface area contributed by atoms with Gasteiger partial charge in [-0.25, -0.2) is 4.39 Å². The largest absolute Gasteiger partial charge is 0.351 e. The summed E-state index contributed by atoms with van der Waals surface area (Å²) < 4.78 is 13.6. The Bertz CT molecular complexity index is 790. The summed E-state index contributed by atoms with van der Waals surface area (Å²) in [4.78, 5) is 24.9. The number of anilines is 1. The van der Waals surface area contributed by atoms with Crippen LogP contribution >= 0.6 is 11.6 Å². The van der Waals surface area contributed by atoms with E-state index < -0.39 is 11.3 Å². The highest BCUT2D eigenvalue weighted by Crippen LogP contribution is 2.47. The summed E-state index contributed by atoms with van der Waals surface area (Å²) in [5.41, 5.74) is -0.241. The topological polar surface area (TPSA) is 58.2 Å². The molecule has 1 saturated carbocycles. The lowest BCUT2D eigenvalue weighted by atomic mass is 10.0. The van der Waals surface area contributed by atoms with E-state index in [4.69, 9.17) is 11.6 Å². The second kappa shape index (κ2) is 6.61. The number of para-hydroxylation sites is 1. The zero-order chi connectivity index (χ0) is 17.2. The zero-order valence-corrected chi connectivity index (χ0v) is 13.6. The van der Waals surface area contributed by atoms with E-state index in [-0.39, 0.29) is 18.3 Å². The highest BCUT2D eigenvalue weighted by molar-refractivity contribution is 6.34. The molecular weight excluding hydrogens is 331 g/mol. The fourth-order valence-electron chi connectivity index (χ4n) is 2.47. The van der Waals surface area contributed by atoms with Crippen molar-refractivity contribution in [3.05, 3.63) is 64.9 Å². The first kappa shape index (κ1) is 16.5. The van der Waals surface area contributed by atoms with Crippen LogP contribution in [0.1, 0.15) is 18.4 Å². The summed E-state index contributed by atoms with van der Waals surface area (Å²) in [5, 5.41) is 5.76. The van der Waals surface area contributed by atoms with Gasteiger partial charge in [0.1, 0.15) is 11.2 Å². The van der Waals surface area contributed by atoms with Gasteiger partial charge in [0, 0.05) is 12.1 Å². The summed E-state index contributed by atoms with van der Waals surface area (Å²) in [7, 11) is 0. The van der Waals surface area contributed by atoms with Crippen molar-refractivity contribution in [1.29, 1.82) is 0 Å².